The van der Waals surface area contributed by atoms with Crippen LogP contribution in [0, 0.1) is 25.5 Å². The lowest BCUT2D eigenvalue weighted by atomic mass is 10.2. The highest BCUT2D eigenvalue weighted by molar-refractivity contribution is 14.0. The van der Waals surface area contributed by atoms with Gasteiger partial charge in [-0.15, -0.1) is 24.0 Å². The molecule has 23 heavy (non-hydrogen) atoms. The first kappa shape index (κ1) is 19.4. The van der Waals surface area contributed by atoms with Crippen LogP contribution in [0.25, 0.3) is 0 Å². The first-order chi connectivity index (χ1) is 10.5. The summed E-state index contributed by atoms with van der Waals surface area (Å²) in [6.45, 7) is 4.46. The zero-order valence-electron chi connectivity index (χ0n) is 13.2. The molecule has 2 rings (SSSR count). The molecule has 0 unspecified atom stereocenters. The fourth-order valence-corrected chi connectivity index (χ4v) is 2.12. The van der Waals surface area contributed by atoms with Gasteiger partial charge in [0.1, 0.15) is 23.2 Å². The average Bonchev–Trinajstić information content (AvgIpc) is 2.80. The SMILES string of the molecule is CN=C(NCc1cc(F)ccc1F)NCc1cc(C)oc1C.I. The van der Waals surface area contributed by atoms with Crippen molar-refractivity contribution in [3.05, 3.63) is 58.5 Å². The van der Waals surface area contributed by atoms with E-state index in [9.17, 15) is 8.78 Å². The molecular weight excluding hydrogens is 415 g/mol. The zero-order chi connectivity index (χ0) is 16.1. The van der Waals surface area contributed by atoms with Gasteiger partial charge in [-0.05, 0) is 38.1 Å². The second-order valence-corrected chi connectivity index (χ2v) is 4.95. The van der Waals surface area contributed by atoms with E-state index in [4.69, 9.17) is 4.42 Å². The molecule has 7 heteroatoms. The number of guanidine groups is 1. The summed E-state index contributed by atoms with van der Waals surface area (Å²) < 4.78 is 32.1. The van der Waals surface area contributed by atoms with Gasteiger partial charge in [0.2, 0.25) is 0 Å². The normalized spacial score (nSPS) is 11.1. The monoisotopic (exact) mass is 435 g/mol. The van der Waals surface area contributed by atoms with Crippen molar-refractivity contribution in [1.29, 1.82) is 0 Å². The van der Waals surface area contributed by atoms with Gasteiger partial charge in [0.25, 0.3) is 0 Å². The van der Waals surface area contributed by atoms with E-state index in [1.807, 2.05) is 19.9 Å². The Morgan fingerprint density at radius 1 is 1.09 bits per heavy atom. The summed E-state index contributed by atoms with van der Waals surface area (Å²) >= 11 is 0. The number of hydrogen-bond acceptors (Lipinski definition) is 2. The van der Waals surface area contributed by atoms with Crippen LogP contribution in [0.15, 0.2) is 33.7 Å². The minimum Gasteiger partial charge on any atom is -0.466 e. The van der Waals surface area contributed by atoms with Crippen molar-refractivity contribution in [2.24, 2.45) is 4.99 Å². The second kappa shape index (κ2) is 8.85. The van der Waals surface area contributed by atoms with E-state index in [0.29, 0.717) is 12.5 Å². The van der Waals surface area contributed by atoms with E-state index < -0.39 is 11.6 Å². The smallest absolute Gasteiger partial charge is 0.191 e. The van der Waals surface area contributed by atoms with E-state index in [1.165, 1.54) is 6.07 Å². The Morgan fingerprint density at radius 3 is 2.30 bits per heavy atom. The second-order valence-electron chi connectivity index (χ2n) is 4.95. The number of benzene rings is 1. The molecule has 0 saturated heterocycles. The fourth-order valence-electron chi connectivity index (χ4n) is 2.12. The number of rotatable bonds is 4. The van der Waals surface area contributed by atoms with Gasteiger partial charge in [-0.3, -0.25) is 4.99 Å². The van der Waals surface area contributed by atoms with E-state index in [-0.39, 0.29) is 36.1 Å². The Balaban J connectivity index is 0.00000264. The molecule has 0 amide bonds. The third kappa shape index (κ3) is 5.49. The third-order valence-electron chi connectivity index (χ3n) is 3.27. The first-order valence-electron chi connectivity index (χ1n) is 6.94. The summed E-state index contributed by atoms with van der Waals surface area (Å²) in [6.07, 6.45) is 0. The quantitative estimate of drug-likeness (QED) is 0.438. The third-order valence-corrected chi connectivity index (χ3v) is 3.27. The molecule has 1 aromatic heterocycles. The number of furan rings is 1. The van der Waals surface area contributed by atoms with Crippen LogP contribution in [0.5, 0.6) is 0 Å². The van der Waals surface area contributed by atoms with Crippen LogP contribution in [-0.2, 0) is 13.1 Å². The van der Waals surface area contributed by atoms with Crippen molar-refractivity contribution in [2.75, 3.05) is 7.05 Å². The van der Waals surface area contributed by atoms with Crippen molar-refractivity contribution < 1.29 is 13.2 Å². The summed E-state index contributed by atoms with van der Waals surface area (Å²) in [6, 6.07) is 5.32. The molecule has 2 aromatic rings. The molecule has 0 aliphatic carbocycles. The summed E-state index contributed by atoms with van der Waals surface area (Å²) in [5.74, 6) is 1.27. The lowest BCUT2D eigenvalue weighted by Crippen LogP contribution is -2.36. The van der Waals surface area contributed by atoms with Gasteiger partial charge in [-0.25, -0.2) is 8.78 Å². The highest BCUT2D eigenvalue weighted by atomic mass is 127. The van der Waals surface area contributed by atoms with E-state index in [0.717, 1.165) is 29.2 Å². The predicted molar refractivity (Wildman–Crippen MR) is 97.0 cm³/mol. The molecule has 0 aliphatic rings. The molecule has 126 valence electrons. The number of nitrogens with zero attached hydrogens (tertiary/aromatic N) is 1. The molecular formula is C16H20F2IN3O. The van der Waals surface area contributed by atoms with Crippen LogP contribution in [-0.4, -0.2) is 13.0 Å². The summed E-state index contributed by atoms with van der Waals surface area (Å²) in [4.78, 5) is 4.05. The zero-order valence-corrected chi connectivity index (χ0v) is 15.6. The van der Waals surface area contributed by atoms with Gasteiger partial charge in [0.05, 0.1) is 0 Å². The Kier molecular flexibility index (Phi) is 7.47. The number of aryl methyl sites for hydroxylation is 2. The van der Waals surface area contributed by atoms with E-state index in [2.05, 4.69) is 15.6 Å². The van der Waals surface area contributed by atoms with Crippen LogP contribution in [0.2, 0.25) is 0 Å². The van der Waals surface area contributed by atoms with Gasteiger partial charge in [-0.1, -0.05) is 0 Å². The van der Waals surface area contributed by atoms with Crippen molar-refractivity contribution in [3.8, 4) is 0 Å². The minimum absolute atomic E-state index is 0. The van der Waals surface area contributed by atoms with Crippen molar-refractivity contribution in [1.82, 2.24) is 10.6 Å². The highest BCUT2D eigenvalue weighted by Gasteiger charge is 2.07. The molecule has 0 bridgehead atoms. The molecule has 0 saturated carbocycles. The van der Waals surface area contributed by atoms with E-state index >= 15 is 0 Å². The lowest BCUT2D eigenvalue weighted by Gasteiger charge is -2.12. The Bertz CT molecular complexity index is 686. The molecule has 2 N–H and O–H groups in total. The van der Waals surface area contributed by atoms with Gasteiger partial charge in [0.15, 0.2) is 5.96 Å². The Hall–Kier alpha value is -1.64. The van der Waals surface area contributed by atoms with Crippen LogP contribution in [0.1, 0.15) is 22.6 Å². The summed E-state index contributed by atoms with van der Waals surface area (Å²) in [5, 5.41) is 6.06. The molecule has 4 nitrogen and oxygen atoms in total. The van der Waals surface area contributed by atoms with Crippen molar-refractivity contribution >= 4 is 29.9 Å². The predicted octanol–water partition coefficient (Wildman–Crippen LogP) is 3.66. The Labute approximate surface area is 151 Å². The molecule has 1 heterocycles. The first-order valence-corrected chi connectivity index (χ1v) is 6.94. The highest BCUT2D eigenvalue weighted by Crippen LogP contribution is 2.13. The lowest BCUT2D eigenvalue weighted by molar-refractivity contribution is 0.500. The average molecular weight is 435 g/mol. The van der Waals surface area contributed by atoms with Crippen molar-refractivity contribution in [2.45, 2.75) is 26.9 Å². The summed E-state index contributed by atoms with van der Waals surface area (Å²) in [7, 11) is 1.62. The number of halogens is 3. The molecule has 0 aliphatic heterocycles. The van der Waals surface area contributed by atoms with Gasteiger partial charge in [-0.2, -0.15) is 0 Å². The molecule has 1 aromatic carbocycles. The maximum Gasteiger partial charge on any atom is 0.191 e. The van der Waals surface area contributed by atoms with Crippen LogP contribution >= 0.6 is 24.0 Å². The topological polar surface area (TPSA) is 49.6 Å². The minimum atomic E-state index is -0.467. The molecule has 0 spiro atoms. The summed E-state index contributed by atoms with van der Waals surface area (Å²) in [5.41, 5.74) is 1.27. The molecule has 0 radical (unpaired) electrons. The van der Waals surface area contributed by atoms with Crippen LogP contribution in [0.4, 0.5) is 8.78 Å². The van der Waals surface area contributed by atoms with Crippen LogP contribution < -0.4 is 10.6 Å². The maximum absolute atomic E-state index is 13.6. The largest absolute Gasteiger partial charge is 0.466 e. The maximum atomic E-state index is 13.6. The number of aliphatic imine (C=N–C) groups is 1. The number of hydrogen-bond donors (Lipinski definition) is 2. The molecule has 0 atom stereocenters. The van der Waals surface area contributed by atoms with Crippen molar-refractivity contribution in [3.63, 3.8) is 0 Å². The molecule has 0 fully saturated rings. The Morgan fingerprint density at radius 2 is 1.74 bits per heavy atom. The fraction of sp³-hybridized carbons (Fsp3) is 0.312. The van der Waals surface area contributed by atoms with Gasteiger partial charge < -0.3 is 15.1 Å². The van der Waals surface area contributed by atoms with Crippen LogP contribution in [0.3, 0.4) is 0 Å². The number of nitrogens with one attached hydrogen (secondary N) is 2. The van der Waals surface area contributed by atoms with Gasteiger partial charge in [0, 0.05) is 31.3 Å². The standard InChI is InChI=1S/C16H19F2N3O.HI/c1-10-6-12(11(2)22-10)8-20-16(19-3)21-9-13-7-14(17)4-5-15(13)18;/h4-7H,8-9H2,1-3H3,(H2,19,20,21);1H. The van der Waals surface area contributed by atoms with E-state index in [1.54, 1.807) is 7.05 Å². The van der Waals surface area contributed by atoms with Gasteiger partial charge >= 0.3 is 0 Å².